The molecule has 0 spiro atoms. The van der Waals surface area contributed by atoms with Crippen LogP contribution in [0.25, 0.3) is 0 Å². The first-order valence-corrected chi connectivity index (χ1v) is 9.49. The quantitative estimate of drug-likeness (QED) is 0.623. The van der Waals surface area contributed by atoms with Crippen LogP contribution >= 0.6 is 0 Å². The summed E-state index contributed by atoms with van der Waals surface area (Å²) in [5.41, 5.74) is 1.31. The van der Waals surface area contributed by atoms with Crippen LogP contribution in [0.2, 0.25) is 0 Å². The third-order valence-corrected chi connectivity index (χ3v) is 5.86. The van der Waals surface area contributed by atoms with Crippen LogP contribution in [-0.4, -0.2) is 33.1 Å². The van der Waals surface area contributed by atoms with E-state index in [1.807, 2.05) is 6.92 Å². The van der Waals surface area contributed by atoms with Gasteiger partial charge in [-0.15, -0.1) is 0 Å². The van der Waals surface area contributed by atoms with Crippen LogP contribution in [-0.2, 0) is 21.4 Å². The zero-order valence-corrected chi connectivity index (χ0v) is 15.1. The highest BCUT2D eigenvalue weighted by Gasteiger charge is 2.26. The molecule has 0 aliphatic carbocycles. The van der Waals surface area contributed by atoms with E-state index in [0.29, 0.717) is 5.69 Å². The Bertz CT molecular complexity index is 803. The number of aromatic nitrogens is 2. The summed E-state index contributed by atoms with van der Waals surface area (Å²) in [6.07, 6.45) is 2.67. The topological polar surface area (TPSA) is 87.4 Å². The highest BCUT2D eigenvalue weighted by Crippen LogP contribution is 2.17. The van der Waals surface area contributed by atoms with Gasteiger partial charge in [-0.05, 0) is 45.9 Å². The van der Waals surface area contributed by atoms with Crippen molar-refractivity contribution >= 4 is 27.6 Å². The van der Waals surface area contributed by atoms with Gasteiger partial charge in [-0.2, -0.15) is 17.6 Å². The Labute approximate surface area is 139 Å². The maximum atomic E-state index is 12.5. The van der Waals surface area contributed by atoms with Gasteiger partial charge in [-0.1, -0.05) is 22.1 Å². The largest absolute Gasteiger partial charge is 0.591 e. The van der Waals surface area contributed by atoms with Crippen molar-refractivity contribution in [2.75, 3.05) is 0 Å². The Balaban J connectivity index is 2.25. The van der Waals surface area contributed by atoms with Crippen molar-refractivity contribution < 1.29 is 13.0 Å². The Morgan fingerprint density at radius 2 is 1.83 bits per heavy atom. The Hall–Kier alpha value is -1.64. The van der Waals surface area contributed by atoms with Gasteiger partial charge in [-0.25, -0.2) is 0 Å². The molecule has 23 heavy (non-hydrogen) atoms. The lowest BCUT2D eigenvalue weighted by molar-refractivity contribution is 0.562. The van der Waals surface area contributed by atoms with Crippen LogP contribution in [0.1, 0.15) is 32.0 Å². The second kappa shape index (κ2) is 6.46. The minimum atomic E-state index is -3.73. The summed E-state index contributed by atoms with van der Waals surface area (Å²) in [5.74, 6) is 0. The fraction of sp³-hybridized carbons (Fsp3) is 0.333. The van der Waals surface area contributed by atoms with E-state index in [1.165, 1.54) is 30.6 Å². The van der Waals surface area contributed by atoms with Gasteiger partial charge in [0.1, 0.15) is 28.0 Å². The molecule has 1 aromatic heterocycles. The highest BCUT2D eigenvalue weighted by atomic mass is 32.2. The van der Waals surface area contributed by atoms with Gasteiger partial charge in [0.15, 0.2) is 0 Å². The summed E-state index contributed by atoms with van der Waals surface area (Å²) in [6, 6.07) is 8.04. The molecule has 0 saturated heterocycles. The van der Waals surface area contributed by atoms with E-state index < -0.39 is 26.1 Å². The van der Waals surface area contributed by atoms with Gasteiger partial charge in [0, 0.05) is 6.20 Å². The molecule has 0 fully saturated rings. The van der Waals surface area contributed by atoms with Gasteiger partial charge < -0.3 is 4.55 Å². The molecular weight excluding hydrogens is 334 g/mol. The molecule has 0 aliphatic heterocycles. The number of nitrogens with zero attached hydrogens (tertiary/aromatic N) is 3. The molecule has 0 amide bonds. The zero-order valence-electron chi connectivity index (χ0n) is 13.4. The molecule has 1 heterocycles. The Morgan fingerprint density at radius 3 is 2.39 bits per heavy atom. The first-order chi connectivity index (χ1) is 10.6. The molecule has 0 N–H and O–H groups in total. The fourth-order valence-electron chi connectivity index (χ4n) is 1.60. The van der Waals surface area contributed by atoms with E-state index in [4.69, 9.17) is 0 Å². The lowest BCUT2D eigenvalue weighted by Crippen LogP contribution is -2.25. The lowest BCUT2D eigenvalue weighted by Gasteiger charge is -2.17. The summed E-state index contributed by atoms with van der Waals surface area (Å²) in [4.78, 5) is 0.160. The smallest absolute Gasteiger partial charge is 0.282 e. The van der Waals surface area contributed by atoms with Crippen molar-refractivity contribution in [2.24, 2.45) is 4.40 Å². The molecule has 2 rings (SSSR count). The van der Waals surface area contributed by atoms with Gasteiger partial charge in [0.2, 0.25) is 0 Å². The maximum Gasteiger partial charge on any atom is 0.282 e. The van der Waals surface area contributed by atoms with Crippen molar-refractivity contribution in [3.05, 3.63) is 47.8 Å². The molecule has 0 unspecified atom stereocenters. The fourth-order valence-corrected chi connectivity index (χ4v) is 3.24. The predicted octanol–water partition coefficient (Wildman–Crippen LogP) is 2.31. The lowest BCUT2D eigenvalue weighted by atomic mass is 10.2. The second-order valence-electron chi connectivity index (χ2n) is 6.03. The van der Waals surface area contributed by atoms with Crippen molar-refractivity contribution in [2.45, 2.75) is 37.3 Å². The van der Waals surface area contributed by atoms with Gasteiger partial charge in [0.05, 0.1) is 4.90 Å². The molecule has 8 heteroatoms. The van der Waals surface area contributed by atoms with E-state index >= 15 is 0 Å². The van der Waals surface area contributed by atoms with Crippen LogP contribution in [0.4, 0.5) is 0 Å². The van der Waals surface area contributed by atoms with Gasteiger partial charge in [-0.3, -0.25) is 0 Å². The third-order valence-electron chi connectivity index (χ3n) is 2.96. The summed E-state index contributed by atoms with van der Waals surface area (Å²) < 4.78 is 41.1. The molecule has 0 aliphatic rings. The molecular formula is C15H19N3O3S2. The molecule has 6 nitrogen and oxygen atoms in total. The monoisotopic (exact) mass is 353 g/mol. The molecule has 2 aromatic rings. The van der Waals surface area contributed by atoms with Crippen LogP contribution < -0.4 is 0 Å². The number of hydrogen-bond acceptors (Lipinski definition) is 5. The van der Waals surface area contributed by atoms with E-state index in [1.54, 1.807) is 32.9 Å². The molecule has 1 atom stereocenters. The average molecular weight is 353 g/mol. The molecule has 0 radical (unpaired) electrons. The van der Waals surface area contributed by atoms with E-state index in [2.05, 4.69) is 9.50 Å². The van der Waals surface area contributed by atoms with Crippen molar-refractivity contribution in [3.63, 3.8) is 0 Å². The first kappa shape index (κ1) is 17.7. The summed E-state index contributed by atoms with van der Waals surface area (Å²) in [5, 5.41) is 3.98. The van der Waals surface area contributed by atoms with Crippen LogP contribution in [0, 0.1) is 6.92 Å². The first-order valence-electron chi connectivity index (χ1n) is 6.95. The summed E-state index contributed by atoms with van der Waals surface area (Å²) in [7, 11) is -3.73. The predicted molar refractivity (Wildman–Crippen MR) is 91.5 cm³/mol. The van der Waals surface area contributed by atoms with Gasteiger partial charge >= 0.3 is 0 Å². The minimum absolute atomic E-state index is 0.160. The second-order valence-corrected chi connectivity index (χ2v) is 9.76. The van der Waals surface area contributed by atoms with Crippen LogP contribution in [0.15, 0.2) is 45.8 Å². The number of hydrogen-bond donors (Lipinski definition) is 0. The average Bonchev–Trinajstić information content (AvgIpc) is 2.93. The van der Waals surface area contributed by atoms with E-state index in [0.717, 1.165) is 9.65 Å². The maximum absolute atomic E-state index is 12.5. The van der Waals surface area contributed by atoms with Crippen molar-refractivity contribution in [1.29, 1.82) is 0 Å². The van der Waals surface area contributed by atoms with E-state index in [9.17, 15) is 13.0 Å². The highest BCUT2D eigenvalue weighted by molar-refractivity contribution is 7.91. The van der Waals surface area contributed by atoms with Crippen molar-refractivity contribution in [3.8, 4) is 0 Å². The molecule has 1 aromatic carbocycles. The number of rotatable bonds is 4. The summed E-state index contributed by atoms with van der Waals surface area (Å²) >= 11 is -1.42. The van der Waals surface area contributed by atoms with Gasteiger partial charge in [0.25, 0.3) is 10.0 Å². The minimum Gasteiger partial charge on any atom is -0.591 e. The zero-order chi connectivity index (χ0) is 17.3. The Morgan fingerprint density at radius 1 is 1.22 bits per heavy atom. The molecule has 124 valence electrons. The Kier molecular flexibility index (Phi) is 4.98. The number of benzene rings is 1. The van der Waals surface area contributed by atoms with Crippen LogP contribution in [0.3, 0.4) is 0 Å². The standard InChI is InChI=1S/C15H19N3O3S2/c1-12-5-7-14(8-6-12)23(20,21)18-10-9-13(17-18)11-16-22(19)15(2,3)4/h5-11H,1-4H3/t22-/m0/s1. The molecule has 0 saturated carbocycles. The number of aryl methyl sites for hydroxylation is 1. The molecule has 0 bridgehead atoms. The van der Waals surface area contributed by atoms with Crippen LogP contribution in [0.5, 0.6) is 0 Å². The SMILES string of the molecule is Cc1ccc(S(=O)(=O)n2ccc(C=N[S@@+]([O-])C(C)(C)C)n2)cc1. The summed E-state index contributed by atoms with van der Waals surface area (Å²) in [6.45, 7) is 7.30. The third kappa shape index (κ3) is 4.21. The van der Waals surface area contributed by atoms with Crippen molar-refractivity contribution in [1.82, 2.24) is 9.19 Å². The van der Waals surface area contributed by atoms with E-state index in [-0.39, 0.29) is 4.90 Å². The normalized spacial score (nSPS) is 14.3.